The molecule has 15 heavy (non-hydrogen) atoms. The van der Waals surface area contributed by atoms with Crippen molar-refractivity contribution < 1.29 is 9.58 Å². The molecule has 0 aromatic rings. The normalized spacial score (nSPS) is 26.6. The van der Waals surface area contributed by atoms with Crippen LogP contribution in [0, 0.1) is 5.41 Å². The molecule has 1 fully saturated rings. The van der Waals surface area contributed by atoms with Crippen LogP contribution in [0.2, 0.25) is 0 Å². The summed E-state index contributed by atoms with van der Waals surface area (Å²) in [5, 5.41) is 2.16. The maximum Gasteiger partial charge on any atom is 0.1000 e. The Morgan fingerprint density at radius 3 is 2.07 bits per heavy atom. The van der Waals surface area contributed by atoms with Crippen LogP contribution in [0.25, 0.3) is 0 Å². The van der Waals surface area contributed by atoms with Crippen molar-refractivity contribution in [3.05, 3.63) is 0 Å². The summed E-state index contributed by atoms with van der Waals surface area (Å²) in [5.41, 5.74) is 0.400. The third-order valence-corrected chi connectivity index (χ3v) is 3.79. The summed E-state index contributed by atoms with van der Waals surface area (Å²) in [6.07, 6.45) is 2.49. The lowest BCUT2D eigenvalue weighted by atomic mass is 9.69. The molecular weight excluding hydrogens is 188 g/mol. The molecule has 0 saturated carbocycles. The van der Waals surface area contributed by atoms with Crippen LogP contribution >= 0.6 is 0 Å². The zero-order chi connectivity index (χ0) is 11.9. The van der Waals surface area contributed by atoms with Gasteiger partial charge in [-0.3, -0.25) is 0 Å². The van der Waals surface area contributed by atoms with E-state index < -0.39 is 0 Å². The van der Waals surface area contributed by atoms with Gasteiger partial charge in [0.1, 0.15) is 0 Å². The topological polar surface area (TPSA) is 12.5 Å². The fraction of sp³-hybridized carbons (Fsp3) is 1.00. The first kappa shape index (κ1) is 12.9. The fourth-order valence-electron chi connectivity index (χ4n) is 2.03. The molecule has 3 heteroatoms. The highest BCUT2D eigenvalue weighted by atomic mass is 16.9. The van der Waals surface area contributed by atoms with E-state index in [9.17, 15) is 0 Å². The van der Waals surface area contributed by atoms with Crippen molar-refractivity contribution >= 4 is 0 Å². The summed E-state index contributed by atoms with van der Waals surface area (Å²) in [6.45, 7) is 10.3. The number of nitrogens with zero attached hydrogens (tertiary/aromatic N) is 2. The van der Waals surface area contributed by atoms with Crippen LogP contribution < -0.4 is 0 Å². The second-order valence-corrected chi connectivity index (χ2v) is 6.62. The van der Waals surface area contributed by atoms with E-state index in [0.29, 0.717) is 10.1 Å². The molecule has 0 aromatic carbocycles. The highest BCUT2D eigenvalue weighted by Crippen LogP contribution is 2.43. The number of piperidine rings is 1. The Morgan fingerprint density at radius 2 is 1.60 bits per heavy atom. The number of rotatable bonds is 2. The third kappa shape index (κ3) is 2.71. The van der Waals surface area contributed by atoms with Crippen molar-refractivity contribution in [1.29, 1.82) is 0 Å². The molecule has 1 saturated heterocycles. The Bertz CT molecular complexity index is 228. The zero-order valence-corrected chi connectivity index (χ0v) is 11.4. The van der Waals surface area contributed by atoms with E-state index in [-0.39, 0.29) is 5.54 Å². The molecule has 3 nitrogen and oxygen atoms in total. The second kappa shape index (κ2) is 3.72. The predicted molar refractivity (Wildman–Crippen MR) is 62.9 cm³/mol. The largest absolute Gasteiger partial charge is 0.167 e. The van der Waals surface area contributed by atoms with Crippen molar-refractivity contribution in [2.24, 2.45) is 5.41 Å². The van der Waals surface area contributed by atoms with Crippen molar-refractivity contribution in [3.63, 3.8) is 0 Å². The van der Waals surface area contributed by atoms with Gasteiger partial charge in [-0.2, -0.15) is 4.65 Å². The van der Waals surface area contributed by atoms with Crippen molar-refractivity contribution in [1.82, 2.24) is 5.06 Å². The van der Waals surface area contributed by atoms with E-state index in [1.54, 1.807) is 0 Å². The van der Waals surface area contributed by atoms with Crippen LogP contribution in [0.15, 0.2) is 0 Å². The van der Waals surface area contributed by atoms with Crippen LogP contribution in [0.5, 0.6) is 0 Å². The molecule has 1 heterocycles. The minimum Gasteiger partial charge on any atom is -0.167 e. The first-order chi connectivity index (χ1) is 6.56. The minimum absolute atomic E-state index is 0.0940. The van der Waals surface area contributed by atoms with Gasteiger partial charge in [-0.15, -0.1) is 10.0 Å². The maximum atomic E-state index is 6.00. The molecule has 0 unspecified atom stereocenters. The molecule has 1 rings (SSSR count). The fourth-order valence-corrected chi connectivity index (χ4v) is 2.03. The minimum atomic E-state index is 0.0940. The first-order valence-corrected chi connectivity index (χ1v) is 5.85. The Morgan fingerprint density at radius 1 is 1.07 bits per heavy atom. The molecule has 0 aliphatic carbocycles. The summed E-state index contributed by atoms with van der Waals surface area (Å²) < 4.78 is 0.527. The number of hydrogen-bond donors (Lipinski definition) is 0. The van der Waals surface area contributed by atoms with Gasteiger partial charge in [0.05, 0.1) is 26.7 Å². The summed E-state index contributed by atoms with van der Waals surface area (Å²) in [4.78, 5) is 6.00. The first-order valence-electron chi connectivity index (χ1n) is 5.85. The van der Waals surface area contributed by atoms with Gasteiger partial charge in [-0.1, -0.05) is 13.8 Å². The number of hydrogen-bond acceptors (Lipinski definition) is 2. The van der Waals surface area contributed by atoms with Gasteiger partial charge in [0, 0.05) is 6.54 Å². The molecule has 0 radical (unpaired) electrons. The lowest BCUT2D eigenvalue weighted by Crippen LogP contribution is -2.60. The summed E-state index contributed by atoms with van der Waals surface area (Å²) in [6, 6.07) is 0. The molecule has 90 valence electrons. The Kier molecular flexibility index (Phi) is 3.21. The van der Waals surface area contributed by atoms with Crippen LogP contribution in [0.1, 0.15) is 40.5 Å². The van der Waals surface area contributed by atoms with Gasteiger partial charge in [-0.25, -0.2) is 0 Å². The van der Waals surface area contributed by atoms with E-state index in [1.165, 1.54) is 12.8 Å². The summed E-state index contributed by atoms with van der Waals surface area (Å²) >= 11 is 0. The lowest BCUT2D eigenvalue weighted by Gasteiger charge is -2.52. The van der Waals surface area contributed by atoms with Crippen LogP contribution in [0.3, 0.4) is 0 Å². The van der Waals surface area contributed by atoms with E-state index in [2.05, 4.69) is 53.9 Å². The smallest absolute Gasteiger partial charge is 0.1000 e. The molecule has 0 spiro atoms. The van der Waals surface area contributed by atoms with E-state index in [0.717, 1.165) is 6.54 Å². The summed E-state index contributed by atoms with van der Waals surface area (Å²) in [5.74, 6) is 0. The molecule has 1 aliphatic heterocycles. The van der Waals surface area contributed by atoms with Gasteiger partial charge >= 0.3 is 0 Å². The molecule has 0 atom stereocenters. The molecule has 1 aliphatic rings. The average Bonchev–Trinajstić information content (AvgIpc) is 1.97. The maximum absolute atomic E-state index is 6.00. The van der Waals surface area contributed by atoms with Crippen molar-refractivity contribution in [2.45, 2.75) is 46.1 Å². The summed E-state index contributed by atoms with van der Waals surface area (Å²) in [7, 11) is 6.16. The van der Waals surface area contributed by atoms with Crippen LogP contribution in [-0.4, -0.2) is 42.9 Å². The van der Waals surface area contributed by atoms with Gasteiger partial charge in [0.15, 0.2) is 0 Å². The van der Waals surface area contributed by atoms with Crippen molar-refractivity contribution in [2.75, 3.05) is 27.7 Å². The predicted octanol–water partition coefficient (Wildman–Crippen LogP) is 2.44. The van der Waals surface area contributed by atoms with E-state index in [1.807, 2.05) is 0 Å². The van der Waals surface area contributed by atoms with E-state index >= 15 is 0 Å². The molecule has 0 amide bonds. The zero-order valence-electron chi connectivity index (χ0n) is 11.4. The van der Waals surface area contributed by atoms with Crippen molar-refractivity contribution in [3.8, 4) is 0 Å². The quantitative estimate of drug-likeness (QED) is 0.518. The third-order valence-electron chi connectivity index (χ3n) is 3.79. The SMILES string of the molecule is CC1(C)CCCN(O[N+](C)(C)C)C1(C)C. The Hall–Kier alpha value is -0.120. The molecular formula is C12H27N2O+. The van der Waals surface area contributed by atoms with Crippen LogP contribution in [-0.2, 0) is 4.94 Å². The van der Waals surface area contributed by atoms with Gasteiger partial charge in [-0.05, 0) is 32.1 Å². The lowest BCUT2D eigenvalue weighted by molar-refractivity contribution is -1.09. The Labute approximate surface area is 94.5 Å². The monoisotopic (exact) mass is 215 g/mol. The van der Waals surface area contributed by atoms with E-state index in [4.69, 9.17) is 4.94 Å². The highest BCUT2D eigenvalue weighted by molar-refractivity contribution is 4.95. The standard InChI is InChI=1S/C12H27N2O/c1-11(2)9-8-10-13(12(11,3)4)15-14(5,6)7/h8-10H2,1-7H3/q+1. The van der Waals surface area contributed by atoms with Gasteiger partial charge < -0.3 is 0 Å². The molecule has 0 N–H and O–H groups in total. The average molecular weight is 215 g/mol. The Balaban J connectivity index is 2.81. The molecule has 0 aromatic heterocycles. The highest BCUT2D eigenvalue weighted by Gasteiger charge is 2.47. The van der Waals surface area contributed by atoms with Gasteiger partial charge in [0.25, 0.3) is 0 Å². The number of quaternary nitrogens is 1. The van der Waals surface area contributed by atoms with Gasteiger partial charge in [0.2, 0.25) is 0 Å². The number of hydroxylamine groups is 5. The van der Waals surface area contributed by atoms with Crippen LogP contribution in [0.4, 0.5) is 0 Å². The molecule has 0 bridgehead atoms. The second-order valence-electron chi connectivity index (χ2n) is 6.62.